The maximum Gasteiger partial charge on any atom is 0.0458 e. The first-order valence-corrected chi connectivity index (χ1v) is 8.23. The van der Waals surface area contributed by atoms with Crippen LogP contribution in [0.4, 0.5) is 0 Å². The first-order valence-electron chi connectivity index (χ1n) is 7.86. The van der Waals surface area contributed by atoms with Gasteiger partial charge in [0.05, 0.1) is 0 Å². The molecule has 1 aromatic heterocycles. The summed E-state index contributed by atoms with van der Waals surface area (Å²) in [5, 5.41) is 2.07. The summed E-state index contributed by atoms with van der Waals surface area (Å²) in [5.74, 6) is 0. The maximum absolute atomic E-state index is 6.19. The van der Waals surface area contributed by atoms with Crippen molar-refractivity contribution in [3.05, 3.63) is 70.9 Å². The molecule has 1 fully saturated rings. The molecule has 2 nitrogen and oxygen atoms in total. The van der Waals surface area contributed by atoms with E-state index in [1.54, 1.807) is 0 Å². The molecule has 2 heterocycles. The van der Waals surface area contributed by atoms with Gasteiger partial charge in [-0.1, -0.05) is 41.9 Å². The molecule has 1 aliphatic heterocycles. The zero-order valence-electron chi connectivity index (χ0n) is 12.4. The van der Waals surface area contributed by atoms with Crippen molar-refractivity contribution in [2.45, 2.75) is 25.4 Å². The molecular weight excluding hydrogens is 292 g/mol. The van der Waals surface area contributed by atoms with Gasteiger partial charge in [0.15, 0.2) is 0 Å². The van der Waals surface area contributed by atoms with Gasteiger partial charge >= 0.3 is 0 Å². The van der Waals surface area contributed by atoms with Gasteiger partial charge in [-0.2, -0.15) is 0 Å². The van der Waals surface area contributed by atoms with Gasteiger partial charge in [0.2, 0.25) is 0 Å². The summed E-state index contributed by atoms with van der Waals surface area (Å²) in [6, 6.07) is 17.3. The number of rotatable bonds is 3. The summed E-state index contributed by atoms with van der Waals surface area (Å²) >= 11 is 6.19. The minimum Gasteiger partial charge on any atom is -0.361 e. The number of aromatic amines is 1. The van der Waals surface area contributed by atoms with Gasteiger partial charge in [-0.25, -0.2) is 0 Å². The van der Waals surface area contributed by atoms with Crippen molar-refractivity contribution in [3.63, 3.8) is 0 Å². The minimum atomic E-state index is 0.479. The van der Waals surface area contributed by atoms with Gasteiger partial charge in [0.25, 0.3) is 0 Å². The fourth-order valence-corrected chi connectivity index (χ4v) is 3.75. The molecule has 0 aliphatic carbocycles. The van der Waals surface area contributed by atoms with Crippen LogP contribution < -0.4 is 0 Å². The van der Waals surface area contributed by atoms with E-state index in [2.05, 4.69) is 58.5 Å². The Balaban J connectivity index is 1.66. The van der Waals surface area contributed by atoms with Crippen molar-refractivity contribution >= 4 is 22.5 Å². The van der Waals surface area contributed by atoms with E-state index in [9.17, 15) is 0 Å². The molecular formula is C19H19ClN2. The summed E-state index contributed by atoms with van der Waals surface area (Å²) < 4.78 is 0. The number of aromatic nitrogens is 1. The lowest BCUT2D eigenvalue weighted by Crippen LogP contribution is -2.22. The number of benzene rings is 2. The quantitative estimate of drug-likeness (QED) is 0.708. The predicted octanol–water partition coefficient (Wildman–Crippen LogP) is 5.16. The van der Waals surface area contributed by atoms with Crippen molar-refractivity contribution in [1.82, 2.24) is 9.88 Å². The number of nitrogens with one attached hydrogen (secondary N) is 1. The SMILES string of the molecule is Clc1ccc2[nH]cc(C3CCCN3Cc3ccccc3)c2c1. The lowest BCUT2D eigenvalue weighted by atomic mass is 10.0. The lowest BCUT2D eigenvalue weighted by molar-refractivity contribution is 0.250. The number of likely N-dealkylation sites (tertiary alicyclic amines) is 1. The fraction of sp³-hybridized carbons (Fsp3) is 0.263. The van der Waals surface area contributed by atoms with E-state index in [0.29, 0.717) is 6.04 Å². The summed E-state index contributed by atoms with van der Waals surface area (Å²) in [5.41, 5.74) is 3.93. The predicted molar refractivity (Wildman–Crippen MR) is 92.1 cm³/mol. The van der Waals surface area contributed by atoms with Gasteiger partial charge in [-0.3, -0.25) is 4.90 Å². The average molecular weight is 311 g/mol. The number of H-pyrrole nitrogens is 1. The average Bonchev–Trinajstić information content (AvgIpc) is 3.14. The Labute approximate surface area is 135 Å². The third-order valence-corrected chi connectivity index (χ3v) is 4.86. The monoisotopic (exact) mass is 310 g/mol. The highest BCUT2D eigenvalue weighted by molar-refractivity contribution is 6.31. The summed E-state index contributed by atoms with van der Waals surface area (Å²) in [6.45, 7) is 2.17. The smallest absolute Gasteiger partial charge is 0.0458 e. The molecule has 1 saturated heterocycles. The highest BCUT2D eigenvalue weighted by Crippen LogP contribution is 2.37. The fourth-order valence-electron chi connectivity index (χ4n) is 3.58. The molecule has 1 atom stereocenters. The molecule has 0 amide bonds. The van der Waals surface area contributed by atoms with Crippen LogP contribution in [0.3, 0.4) is 0 Å². The second-order valence-corrected chi connectivity index (χ2v) is 6.48. The number of halogens is 1. The number of hydrogen-bond donors (Lipinski definition) is 1. The normalized spacial score (nSPS) is 19.0. The molecule has 3 aromatic rings. The largest absolute Gasteiger partial charge is 0.361 e. The van der Waals surface area contributed by atoms with Crippen molar-refractivity contribution in [2.75, 3.05) is 6.54 Å². The summed E-state index contributed by atoms with van der Waals surface area (Å²) in [4.78, 5) is 5.97. The van der Waals surface area contributed by atoms with Crippen LogP contribution in [0.5, 0.6) is 0 Å². The van der Waals surface area contributed by atoms with Gasteiger partial charge in [0, 0.05) is 34.7 Å². The van der Waals surface area contributed by atoms with Crippen molar-refractivity contribution in [2.24, 2.45) is 0 Å². The molecule has 22 heavy (non-hydrogen) atoms. The van der Waals surface area contributed by atoms with E-state index in [-0.39, 0.29) is 0 Å². The Morgan fingerprint density at radius 1 is 1.14 bits per heavy atom. The molecule has 4 rings (SSSR count). The van der Waals surface area contributed by atoms with Crippen LogP contribution in [0.2, 0.25) is 5.02 Å². The van der Waals surface area contributed by atoms with Crippen molar-refractivity contribution in [3.8, 4) is 0 Å². The molecule has 1 aliphatic rings. The third kappa shape index (κ3) is 2.53. The zero-order chi connectivity index (χ0) is 14.9. The first kappa shape index (κ1) is 13.9. The number of hydrogen-bond acceptors (Lipinski definition) is 1. The molecule has 1 unspecified atom stereocenters. The van der Waals surface area contributed by atoms with Gasteiger partial charge < -0.3 is 4.98 Å². The van der Waals surface area contributed by atoms with Crippen LogP contribution in [0.15, 0.2) is 54.7 Å². The molecule has 2 aromatic carbocycles. The zero-order valence-corrected chi connectivity index (χ0v) is 13.2. The van der Waals surface area contributed by atoms with Crippen LogP contribution in [0.25, 0.3) is 10.9 Å². The van der Waals surface area contributed by atoms with Crippen molar-refractivity contribution < 1.29 is 0 Å². The van der Waals surface area contributed by atoms with Crippen molar-refractivity contribution in [1.29, 1.82) is 0 Å². The molecule has 112 valence electrons. The van der Waals surface area contributed by atoms with E-state index < -0.39 is 0 Å². The van der Waals surface area contributed by atoms with Crippen LogP contribution in [0.1, 0.15) is 30.0 Å². The second-order valence-electron chi connectivity index (χ2n) is 6.05. The first-order chi connectivity index (χ1) is 10.8. The van der Waals surface area contributed by atoms with Crippen LogP contribution >= 0.6 is 11.6 Å². The molecule has 0 spiro atoms. The number of nitrogens with zero attached hydrogens (tertiary/aromatic N) is 1. The second kappa shape index (κ2) is 5.79. The molecule has 3 heteroatoms. The highest BCUT2D eigenvalue weighted by Gasteiger charge is 2.27. The molecule has 1 N–H and O–H groups in total. The molecule has 0 saturated carbocycles. The molecule has 0 radical (unpaired) electrons. The van der Waals surface area contributed by atoms with E-state index >= 15 is 0 Å². The summed E-state index contributed by atoms with van der Waals surface area (Å²) in [6.07, 6.45) is 4.63. The highest BCUT2D eigenvalue weighted by atomic mass is 35.5. The number of fused-ring (bicyclic) bond motifs is 1. The van der Waals surface area contributed by atoms with E-state index in [1.807, 2.05) is 6.07 Å². The van der Waals surface area contributed by atoms with E-state index in [4.69, 9.17) is 11.6 Å². The lowest BCUT2D eigenvalue weighted by Gasteiger charge is -2.24. The van der Waals surface area contributed by atoms with E-state index in [1.165, 1.54) is 34.9 Å². The van der Waals surface area contributed by atoms with Gasteiger partial charge in [-0.05, 0) is 48.7 Å². The van der Waals surface area contributed by atoms with Crippen LogP contribution in [-0.2, 0) is 6.54 Å². The Morgan fingerprint density at radius 3 is 2.86 bits per heavy atom. The third-order valence-electron chi connectivity index (χ3n) is 4.63. The maximum atomic E-state index is 6.19. The molecule has 0 bridgehead atoms. The Kier molecular flexibility index (Phi) is 3.65. The van der Waals surface area contributed by atoms with Crippen LogP contribution in [0, 0.1) is 0 Å². The van der Waals surface area contributed by atoms with E-state index in [0.717, 1.165) is 18.1 Å². The Hall–Kier alpha value is -1.77. The summed E-state index contributed by atoms with van der Waals surface area (Å²) in [7, 11) is 0. The Bertz CT molecular complexity index is 778. The Morgan fingerprint density at radius 2 is 2.00 bits per heavy atom. The standard InChI is InChI=1S/C19H19ClN2/c20-15-8-9-18-16(11-15)17(12-21-18)19-7-4-10-22(19)13-14-5-2-1-3-6-14/h1-3,5-6,8-9,11-12,19,21H,4,7,10,13H2. The van der Waals surface area contributed by atoms with Gasteiger partial charge in [0.1, 0.15) is 0 Å². The van der Waals surface area contributed by atoms with Gasteiger partial charge in [-0.15, -0.1) is 0 Å². The minimum absolute atomic E-state index is 0.479. The topological polar surface area (TPSA) is 19.0 Å². The van der Waals surface area contributed by atoms with Crippen LogP contribution in [-0.4, -0.2) is 16.4 Å².